The highest BCUT2D eigenvalue weighted by Gasteiger charge is 2.28. The van der Waals surface area contributed by atoms with Crippen molar-refractivity contribution in [3.05, 3.63) is 77.0 Å². The molecule has 4 rings (SSSR count). The maximum atomic E-state index is 13.4. The Balaban J connectivity index is 1.65. The van der Waals surface area contributed by atoms with Crippen LogP contribution in [0.4, 0.5) is 0 Å². The van der Waals surface area contributed by atoms with Gasteiger partial charge in [0.2, 0.25) is 10.0 Å². The van der Waals surface area contributed by atoms with Gasteiger partial charge in [0.05, 0.1) is 10.6 Å². The van der Waals surface area contributed by atoms with E-state index in [1.807, 2.05) is 57.2 Å². The minimum absolute atomic E-state index is 0.319. The zero-order valence-electron chi connectivity index (χ0n) is 16.8. The highest BCUT2D eigenvalue weighted by Crippen LogP contribution is 2.32. The molecule has 0 N–H and O–H groups in total. The van der Waals surface area contributed by atoms with E-state index in [4.69, 9.17) is 4.52 Å². The predicted octanol–water partition coefficient (Wildman–Crippen LogP) is 4.74. The van der Waals surface area contributed by atoms with Crippen LogP contribution in [0.25, 0.3) is 16.9 Å². The highest BCUT2D eigenvalue weighted by molar-refractivity contribution is 7.89. The minimum Gasteiger partial charge on any atom is -0.356 e. The Kier molecular flexibility index (Phi) is 5.15. The molecule has 29 heavy (non-hydrogen) atoms. The van der Waals surface area contributed by atoms with Gasteiger partial charge in [0.15, 0.2) is 5.76 Å². The molecule has 0 fully saturated rings. The summed E-state index contributed by atoms with van der Waals surface area (Å²) in [5, 5.41) is 3.99. The molecule has 0 spiro atoms. The van der Waals surface area contributed by atoms with Crippen LogP contribution >= 0.6 is 0 Å². The number of nitrogens with zero attached hydrogens (tertiary/aromatic N) is 2. The van der Waals surface area contributed by atoms with Gasteiger partial charge in [0, 0.05) is 24.2 Å². The molecule has 0 amide bonds. The first-order valence-corrected chi connectivity index (χ1v) is 11.1. The Morgan fingerprint density at radius 2 is 1.76 bits per heavy atom. The molecule has 1 aliphatic rings. The first-order chi connectivity index (χ1) is 13.9. The monoisotopic (exact) mass is 408 g/mol. The topological polar surface area (TPSA) is 63.4 Å². The SMILES string of the molecule is Cc1ccc(-c2onc(C)c2C)cc1S(=O)(=O)N1CC=C(c2ccccc2)CC1. The molecule has 1 aliphatic heterocycles. The molecular weight excluding hydrogens is 384 g/mol. The van der Waals surface area contributed by atoms with Crippen molar-refractivity contribution >= 4 is 15.6 Å². The molecule has 150 valence electrons. The van der Waals surface area contributed by atoms with Gasteiger partial charge in [-0.05, 0) is 50.0 Å². The third kappa shape index (κ3) is 3.66. The van der Waals surface area contributed by atoms with Crippen molar-refractivity contribution in [1.82, 2.24) is 9.46 Å². The third-order valence-corrected chi connectivity index (χ3v) is 7.55. The molecule has 0 aliphatic carbocycles. The van der Waals surface area contributed by atoms with Crippen LogP contribution in [-0.4, -0.2) is 31.0 Å². The average Bonchev–Trinajstić information content (AvgIpc) is 3.07. The smallest absolute Gasteiger partial charge is 0.243 e. The predicted molar refractivity (Wildman–Crippen MR) is 114 cm³/mol. The summed E-state index contributed by atoms with van der Waals surface area (Å²) in [7, 11) is -3.61. The van der Waals surface area contributed by atoms with Gasteiger partial charge in [-0.25, -0.2) is 8.42 Å². The van der Waals surface area contributed by atoms with Crippen molar-refractivity contribution in [2.45, 2.75) is 32.1 Å². The molecule has 0 radical (unpaired) electrons. The normalized spacial score (nSPS) is 15.3. The van der Waals surface area contributed by atoms with E-state index in [-0.39, 0.29) is 0 Å². The molecule has 0 saturated carbocycles. The van der Waals surface area contributed by atoms with Gasteiger partial charge in [-0.2, -0.15) is 4.31 Å². The number of rotatable bonds is 4. The van der Waals surface area contributed by atoms with Crippen LogP contribution in [0.3, 0.4) is 0 Å². The summed E-state index contributed by atoms with van der Waals surface area (Å²) in [6, 6.07) is 15.5. The Labute approximate surface area is 171 Å². The van der Waals surface area contributed by atoms with Crippen molar-refractivity contribution in [1.29, 1.82) is 0 Å². The van der Waals surface area contributed by atoms with E-state index in [0.29, 0.717) is 30.2 Å². The van der Waals surface area contributed by atoms with Gasteiger partial charge in [-0.1, -0.05) is 53.7 Å². The lowest BCUT2D eigenvalue weighted by Gasteiger charge is -2.26. The molecule has 0 saturated heterocycles. The molecule has 0 unspecified atom stereocenters. The Morgan fingerprint density at radius 1 is 1.00 bits per heavy atom. The number of hydrogen-bond donors (Lipinski definition) is 0. The lowest BCUT2D eigenvalue weighted by atomic mass is 10.0. The van der Waals surface area contributed by atoms with Gasteiger partial charge in [0.1, 0.15) is 0 Å². The Bertz CT molecular complexity index is 1180. The molecule has 6 heteroatoms. The first kappa shape index (κ1) is 19.6. The molecular formula is C23H24N2O3S. The molecule has 2 heterocycles. The molecule has 1 aromatic heterocycles. The number of aryl methyl sites for hydroxylation is 2. The molecule has 5 nitrogen and oxygen atoms in total. The van der Waals surface area contributed by atoms with Crippen molar-refractivity contribution in [2.24, 2.45) is 0 Å². The van der Waals surface area contributed by atoms with Crippen molar-refractivity contribution in [3.8, 4) is 11.3 Å². The summed E-state index contributed by atoms with van der Waals surface area (Å²) in [6.07, 6.45) is 2.71. The van der Waals surface area contributed by atoms with Crippen LogP contribution in [0.5, 0.6) is 0 Å². The van der Waals surface area contributed by atoms with E-state index in [0.717, 1.165) is 27.9 Å². The maximum Gasteiger partial charge on any atom is 0.243 e. The van der Waals surface area contributed by atoms with Gasteiger partial charge in [0.25, 0.3) is 0 Å². The van der Waals surface area contributed by atoms with E-state index in [1.165, 1.54) is 5.57 Å². The summed E-state index contributed by atoms with van der Waals surface area (Å²) >= 11 is 0. The van der Waals surface area contributed by atoms with Crippen LogP contribution in [-0.2, 0) is 10.0 Å². The Morgan fingerprint density at radius 3 is 2.38 bits per heavy atom. The number of sulfonamides is 1. The maximum absolute atomic E-state index is 13.4. The number of hydrogen-bond acceptors (Lipinski definition) is 4. The van der Waals surface area contributed by atoms with Gasteiger partial charge in [-0.15, -0.1) is 0 Å². The zero-order chi connectivity index (χ0) is 20.6. The zero-order valence-corrected chi connectivity index (χ0v) is 17.7. The summed E-state index contributed by atoms with van der Waals surface area (Å²) in [5.41, 5.74) is 5.52. The Hall–Kier alpha value is -2.70. The number of benzene rings is 2. The van der Waals surface area contributed by atoms with E-state index < -0.39 is 10.0 Å². The fraction of sp³-hybridized carbons (Fsp3) is 0.261. The van der Waals surface area contributed by atoms with Crippen molar-refractivity contribution in [2.75, 3.05) is 13.1 Å². The van der Waals surface area contributed by atoms with Crippen LogP contribution in [0, 0.1) is 20.8 Å². The van der Waals surface area contributed by atoms with Crippen LogP contribution < -0.4 is 0 Å². The van der Waals surface area contributed by atoms with Crippen LogP contribution in [0.1, 0.15) is 28.8 Å². The second-order valence-corrected chi connectivity index (χ2v) is 9.32. The lowest BCUT2D eigenvalue weighted by Crippen LogP contribution is -2.35. The van der Waals surface area contributed by atoms with Gasteiger partial charge in [-0.3, -0.25) is 0 Å². The highest BCUT2D eigenvalue weighted by atomic mass is 32.2. The fourth-order valence-electron chi connectivity index (χ4n) is 3.63. The van der Waals surface area contributed by atoms with Gasteiger partial charge < -0.3 is 4.52 Å². The van der Waals surface area contributed by atoms with Gasteiger partial charge >= 0.3 is 0 Å². The summed E-state index contributed by atoms with van der Waals surface area (Å²) in [6.45, 7) is 6.46. The standard InChI is InChI=1S/C23H24N2O3S/c1-16-9-10-21(23-17(2)18(3)24-28-23)15-22(16)29(26,27)25-13-11-20(12-14-25)19-7-5-4-6-8-19/h4-11,15H,12-14H2,1-3H3. The molecule has 3 aromatic rings. The average molecular weight is 409 g/mol. The summed E-state index contributed by atoms with van der Waals surface area (Å²) < 4.78 is 33.7. The van der Waals surface area contributed by atoms with Crippen LogP contribution in [0.15, 0.2) is 64.0 Å². The lowest BCUT2D eigenvalue weighted by molar-refractivity contribution is 0.426. The van der Waals surface area contributed by atoms with E-state index in [9.17, 15) is 8.42 Å². The largest absolute Gasteiger partial charge is 0.356 e. The second-order valence-electron chi connectivity index (χ2n) is 7.41. The minimum atomic E-state index is -3.61. The molecule has 0 bridgehead atoms. The molecule has 2 aromatic carbocycles. The third-order valence-electron chi connectivity index (χ3n) is 5.54. The summed E-state index contributed by atoms with van der Waals surface area (Å²) in [4.78, 5) is 0.319. The number of aromatic nitrogens is 1. The first-order valence-electron chi connectivity index (χ1n) is 9.66. The van der Waals surface area contributed by atoms with Crippen LogP contribution in [0.2, 0.25) is 0 Å². The van der Waals surface area contributed by atoms with E-state index in [2.05, 4.69) is 17.3 Å². The molecule has 0 atom stereocenters. The second kappa shape index (κ2) is 7.61. The quantitative estimate of drug-likeness (QED) is 0.625. The van der Waals surface area contributed by atoms with E-state index in [1.54, 1.807) is 10.4 Å². The fourth-order valence-corrected chi connectivity index (χ4v) is 5.26. The summed E-state index contributed by atoms with van der Waals surface area (Å²) in [5.74, 6) is 0.615. The van der Waals surface area contributed by atoms with Crippen molar-refractivity contribution in [3.63, 3.8) is 0 Å². The van der Waals surface area contributed by atoms with Crippen molar-refractivity contribution < 1.29 is 12.9 Å². The van der Waals surface area contributed by atoms with E-state index >= 15 is 0 Å².